The molecular formula is C22H25FN8O2. The number of nitrogens with zero attached hydrogens (tertiary/aromatic N) is 5. The van der Waals surface area contributed by atoms with Crippen molar-refractivity contribution < 1.29 is 14.2 Å². The molecule has 2 aromatic heterocycles. The summed E-state index contributed by atoms with van der Waals surface area (Å²) in [6, 6.07) is 11.4. The number of hydrogen-bond donors (Lipinski definition) is 4. The molecule has 1 aromatic carbocycles. The standard InChI is InChI=1S/C22H25FN8O2/c23-20-15-26-22(29-21(20)31-8-11-33-12-9-31)30-27-14-18-5-6-19(13-25-18)28-17-3-1-16(2-4-17)24-7-10-32/h1-6,13-15,24,28,32H,7-12H2,(H,26,29,30)/b27-14+. The lowest BCUT2D eigenvalue weighted by atomic mass is 10.2. The lowest BCUT2D eigenvalue weighted by Gasteiger charge is -2.27. The van der Waals surface area contributed by atoms with E-state index in [-0.39, 0.29) is 18.4 Å². The third-order valence-electron chi connectivity index (χ3n) is 4.80. The van der Waals surface area contributed by atoms with Crippen molar-refractivity contribution in [1.82, 2.24) is 15.0 Å². The average Bonchev–Trinajstić information content (AvgIpc) is 2.86. The molecule has 1 fully saturated rings. The fourth-order valence-corrected chi connectivity index (χ4v) is 3.16. The van der Waals surface area contributed by atoms with E-state index in [4.69, 9.17) is 9.84 Å². The molecule has 0 bridgehead atoms. The molecule has 3 aromatic rings. The van der Waals surface area contributed by atoms with Crippen molar-refractivity contribution in [1.29, 1.82) is 0 Å². The summed E-state index contributed by atoms with van der Waals surface area (Å²) in [5.41, 5.74) is 6.03. The number of aliphatic hydroxyl groups excluding tert-OH is 1. The molecule has 4 N–H and O–H groups in total. The van der Waals surface area contributed by atoms with Crippen molar-refractivity contribution in [3.63, 3.8) is 0 Å². The first-order valence-corrected chi connectivity index (χ1v) is 10.5. The van der Waals surface area contributed by atoms with Gasteiger partial charge in [-0.3, -0.25) is 4.98 Å². The van der Waals surface area contributed by atoms with Gasteiger partial charge in [0.15, 0.2) is 11.6 Å². The summed E-state index contributed by atoms with van der Waals surface area (Å²) >= 11 is 0. The van der Waals surface area contributed by atoms with Crippen molar-refractivity contribution >= 4 is 35.0 Å². The Hall–Kier alpha value is -3.83. The number of anilines is 5. The zero-order valence-electron chi connectivity index (χ0n) is 17.9. The first kappa shape index (κ1) is 22.4. The van der Waals surface area contributed by atoms with Crippen LogP contribution in [0.1, 0.15) is 5.69 Å². The highest BCUT2D eigenvalue weighted by Gasteiger charge is 2.17. The van der Waals surface area contributed by atoms with Gasteiger partial charge in [-0.1, -0.05) is 0 Å². The molecule has 11 heteroatoms. The Morgan fingerprint density at radius 2 is 1.79 bits per heavy atom. The smallest absolute Gasteiger partial charge is 0.245 e. The molecule has 172 valence electrons. The van der Waals surface area contributed by atoms with Crippen LogP contribution in [0.15, 0.2) is 53.9 Å². The van der Waals surface area contributed by atoms with Gasteiger partial charge in [0.1, 0.15) is 0 Å². The van der Waals surface area contributed by atoms with E-state index in [9.17, 15) is 4.39 Å². The van der Waals surface area contributed by atoms with Crippen molar-refractivity contribution in [3.05, 3.63) is 60.3 Å². The van der Waals surface area contributed by atoms with E-state index in [1.54, 1.807) is 6.20 Å². The first-order chi connectivity index (χ1) is 16.2. The maximum absolute atomic E-state index is 14.1. The van der Waals surface area contributed by atoms with Crippen LogP contribution < -0.4 is 21.0 Å². The number of nitrogens with one attached hydrogen (secondary N) is 3. The normalized spacial score (nSPS) is 13.8. The van der Waals surface area contributed by atoms with Gasteiger partial charge in [-0.2, -0.15) is 10.1 Å². The molecule has 1 saturated heterocycles. The number of aromatic nitrogens is 3. The SMILES string of the molecule is OCCNc1ccc(Nc2ccc(/C=N/Nc3ncc(F)c(N4CCOCC4)n3)nc2)cc1. The maximum Gasteiger partial charge on any atom is 0.245 e. The molecule has 0 atom stereocenters. The summed E-state index contributed by atoms with van der Waals surface area (Å²) < 4.78 is 19.4. The number of rotatable bonds is 9. The molecule has 1 aliphatic heterocycles. The summed E-state index contributed by atoms with van der Waals surface area (Å²) in [6.07, 6.45) is 4.36. The molecule has 1 aliphatic rings. The third-order valence-corrected chi connectivity index (χ3v) is 4.80. The number of ether oxygens (including phenoxy) is 1. The van der Waals surface area contributed by atoms with Crippen LogP contribution in [-0.4, -0.2) is 65.7 Å². The molecule has 0 spiro atoms. The van der Waals surface area contributed by atoms with Crippen molar-refractivity contribution in [2.45, 2.75) is 0 Å². The summed E-state index contributed by atoms with van der Waals surface area (Å²) in [5.74, 6) is -0.0478. The number of halogens is 1. The van der Waals surface area contributed by atoms with Crippen LogP contribution in [0, 0.1) is 5.82 Å². The Bertz CT molecular complexity index is 1060. The highest BCUT2D eigenvalue weighted by molar-refractivity contribution is 5.78. The maximum atomic E-state index is 14.1. The minimum Gasteiger partial charge on any atom is -0.395 e. The zero-order valence-corrected chi connectivity index (χ0v) is 17.9. The molecule has 0 radical (unpaired) electrons. The van der Waals surface area contributed by atoms with Gasteiger partial charge in [-0.25, -0.2) is 14.8 Å². The quantitative estimate of drug-likeness (QED) is 0.287. The second-order valence-electron chi connectivity index (χ2n) is 7.16. The largest absolute Gasteiger partial charge is 0.395 e. The van der Waals surface area contributed by atoms with Crippen LogP contribution in [0.2, 0.25) is 0 Å². The lowest BCUT2D eigenvalue weighted by molar-refractivity contribution is 0.122. The Labute approximate surface area is 190 Å². The van der Waals surface area contributed by atoms with Crippen LogP contribution in [0.3, 0.4) is 0 Å². The molecule has 0 saturated carbocycles. The lowest BCUT2D eigenvalue weighted by Crippen LogP contribution is -2.37. The van der Waals surface area contributed by atoms with Crippen LogP contribution in [0.4, 0.5) is 33.2 Å². The van der Waals surface area contributed by atoms with E-state index >= 15 is 0 Å². The molecule has 3 heterocycles. The Morgan fingerprint density at radius 3 is 2.52 bits per heavy atom. The zero-order chi connectivity index (χ0) is 22.9. The minimum atomic E-state index is -0.479. The number of aliphatic hydroxyl groups is 1. The highest BCUT2D eigenvalue weighted by Crippen LogP contribution is 2.19. The summed E-state index contributed by atoms with van der Waals surface area (Å²) in [6.45, 7) is 2.82. The number of pyridine rings is 1. The number of hydrogen-bond acceptors (Lipinski definition) is 10. The number of morpholine rings is 1. The van der Waals surface area contributed by atoms with Gasteiger partial charge >= 0.3 is 0 Å². The van der Waals surface area contributed by atoms with E-state index in [0.29, 0.717) is 38.5 Å². The predicted molar refractivity (Wildman–Crippen MR) is 126 cm³/mol. The summed E-state index contributed by atoms with van der Waals surface area (Å²) in [7, 11) is 0. The third kappa shape index (κ3) is 6.34. The molecule has 0 aliphatic carbocycles. The van der Waals surface area contributed by atoms with E-state index in [1.165, 1.54) is 6.21 Å². The monoisotopic (exact) mass is 452 g/mol. The van der Waals surface area contributed by atoms with Crippen LogP contribution in [0.25, 0.3) is 0 Å². The first-order valence-electron chi connectivity index (χ1n) is 10.5. The Kier molecular flexibility index (Phi) is 7.56. The number of benzene rings is 1. The minimum absolute atomic E-state index is 0.0865. The Balaban J connectivity index is 1.32. The molecule has 0 amide bonds. The van der Waals surface area contributed by atoms with Crippen LogP contribution in [-0.2, 0) is 4.74 Å². The second kappa shape index (κ2) is 11.2. The summed E-state index contributed by atoms with van der Waals surface area (Å²) in [4.78, 5) is 14.3. The topological polar surface area (TPSA) is 120 Å². The fourth-order valence-electron chi connectivity index (χ4n) is 3.16. The van der Waals surface area contributed by atoms with Gasteiger partial charge in [-0.05, 0) is 36.4 Å². The van der Waals surface area contributed by atoms with Gasteiger partial charge in [-0.15, -0.1) is 0 Å². The van der Waals surface area contributed by atoms with Gasteiger partial charge in [0.25, 0.3) is 0 Å². The molecule has 0 unspecified atom stereocenters. The molecule has 10 nitrogen and oxygen atoms in total. The van der Waals surface area contributed by atoms with Crippen LogP contribution in [0.5, 0.6) is 0 Å². The van der Waals surface area contributed by atoms with E-state index in [2.05, 4.69) is 36.1 Å². The predicted octanol–water partition coefficient (Wildman–Crippen LogP) is 2.44. The van der Waals surface area contributed by atoms with Crippen molar-refractivity contribution in [2.75, 3.05) is 60.4 Å². The molecular weight excluding hydrogens is 427 g/mol. The van der Waals surface area contributed by atoms with Crippen LogP contribution >= 0.6 is 0 Å². The summed E-state index contributed by atoms with van der Waals surface area (Å²) in [5, 5.41) is 19.3. The Morgan fingerprint density at radius 1 is 1.03 bits per heavy atom. The highest BCUT2D eigenvalue weighted by atomic mass is 19.1. The van der Waals surface area contributed by atoms with Crippen molar-refractivity contribution in [2.24, 2.45) is 5.10 Å². The van der Waals surface area contributed by atoms with Gasteiger partial charge in [0.2, 0.25) is 5.95 Å². The van der Waals surface area contributed by atoms with E-state index in [0.717, 1.165) is 23.3 Å². The molecule has 4 rings (SSSR count). The second-order valence-corrected chi connectivity index (χ2v) is 7.16. The van der Waals surface area contributed by atoms with Crippen molar-refractivity contribution in [3.8, 4) is 0 Å². The molecule has 33 heavy (non-hydrogen) atoms. The van der Waals surface area contributed by atoms with Gasteiger partial charge in [0, 0.05) is 31.0 Å². The van der Waals surface area contributed by atoms with Gasteiger partial charge in [0.05, 0.1) is 49.8 Å². The number of hydrazone groups is 1. The van der Waals surface area contributed by atoms with E-state index in [1.807, 2.05) is 41.3 Å². The fraction of sp³-hybridized carbons (Fsp3) is 0.273. The van der Waals surface area contributed by atoms with Gasteiger partial charge < -0.3 is 25.4 Å². The van der Waals surface area contributed by atoms with E-state index < -0.39 is 5.82 Å². The average molecular weight is 452 g/mol.